The number of guanidine groups is 1. The number of likely N-dealkylation sites (tertiary alicyclic amines) is 1. The predicted molar refractivity (Wildman–Crippen MR) is 107 cm³/mol. The molecule has 2 aliphatic rings. The zero-order valence-corrected chi connectivity index (χ0v) is 16.5. The first kappa shape index (κ1) is 21.7. The molecule has 0 amide bonds. The first-order valence-electron chi connectivity index (χ1n) is 10.1. The summed E-state index contributed by atoms with van der Waals surface area (Å²) in [6.45, 7) is 3.87. The summed E-state index contributed by atoms with van der Waals surface area (Å²) in [6.07, 6.45) is -1.70. The van der Waals surface area contributed by atoms with Gasteiger partial charge in [-0.3, -0.25) is 9.89 Å². The van der Waals surface area contributed by atoms with Crippen molar-refractivity contribution in [2.24, 2.45) is 16.6 Å². The van der Waals surface area contributed by atoms with E-state index in [4.69, 9.17) is 5.73 Å². The van der Waals surface area contributed by atoms with E-state index < -0.39 is 12.7 Å². The van der Waals surface area contributed by atoms with Crippen molar-refractivity contribution in [2.75, 3.05) is 57.3 Å². The highest BCUT2D eigenvalue weighted by molar-refractivity contribution is 5.78. The number of hydrogen-bond donors (Lipinski definition) is 1. The topological polar surface area (TPSA) is 48.1 Å². The smallest absolute Gasteiger partial charge is 0.370 e. The number of rotatable bonds is 5. The van der Waals surface area contributed by atoms with Gasteiger partial charge in [0, 0.05) is 38.4 Å². The van der Waals surface area contributed by atoms with E-state index >= 15 is 0 Å². The number of aliphatic imine (C=N–C) groups is 1. The summed E-state index contributed by atoms with van der Waals surface area (Å²) in [5.74, 6) is 0.694. The highest BCUT2D eigenvalue weighted by Gasteiger charge is 2.32. The number of piperidine rings is 1. The molecule has 1 aromatic rings. The van der Waals surface area contributed by atoms with Crippen LogP contribution in [0.4, 0.5) is 23.2 Å². The fourth-order valence-corrected chi connectivity index (χ4v) is 3.99. The Hall–Kier alpha value is -2.03. The molecule has 1 aromatic carbocycles. The summed E-state index contributed by atoms with van der Waals surface area (Å²) in [4.78, 5) is 10.2. The molecule has 5 nitrogen and oxygen atoms in total. The summed E-state index contributed by atoms with van der Waals surface area (Å²) in [5, 5.41) is 0. The van der Waals surface area contributed by atoms with E-state index in [0.717, 1.165) is 51.1 Å². The zero-order valence-electron chi connectivity index (χ0n) is 16.5. The number of piperazine rings is 1. The van der Waals surface area contributed by atoms with Gasteiger partial charge in [0.25, 0.3) is 0 Å². The SMILES string of the molecule is NC(=NCCC1CCN(CC(F)(F)F)CC1)N1CCN(c2ccc(F)cc2)CC1. The Kier molecular flexibility index (Phi) is 7.21. The van der Waals surface area contributed by atoms with Crippen molar-refractivity contribution in [1.29, 1.82) is 0 Å². The Morgan fingerprint density at radius 3 is 2.21 bits per heavy atom. The third kappa shape index (κ3) is 6.76. The Labute approximate surface area is 169 Å². The number of nitrogens with two attached hydrogens (primary N) is 1. The average Bonchev–Trinajstić information content (AvgIpc) is 2.69. The van der Waals surface area contributed by atoms with Crippen LogP contribution in [0, 0.1) is 11.7 Å². The number of alkyl halides is 3. The summed E-state index contributed by atoms with van der Waals surface area (Å²) < 4.78 is 50.4. The second kappa shape index (κ2) is 9.65. The molecule has 0 bridgehead atoms. The third-order valence-electron chi connectivity index (χ3n) is 5.72. The van der Waals surface area contributed by atoms with Crippen LogP contribution in [0.3, 0.4) is 0 Å². The number of anilines is 1. The number of benzene rings is 1. The number of hydrogen-bond acceptors (Lipinski definition) is 3. The van der Waals surface area contributed by atoms with Crippen molar-refractivity contribution in [1.82, 2.24) is 9.80 Å². The molecule has 2 saturated heterocycles. The molecular weight excluding hydrogens is 386 g/mol. The molecule has 9 heteroatoms. The van der Waals surface area contributed by atoms with E-state index in [1.807, 2.05) is 4.90 Å². The van der Waals surface area contributed by atoms with Crippen molar-refractivity contribution in [3.8, 4) is 0 Å². The van der Waals surface area contributed by atoms with Crippen LogP contribution in [0.1, 0.15) is 19.3 Å². The Bertz CT molecular complexity index is 660. The lowest BCUT2D eigenvalue weighted by molar-refractivity contribution is -0.148. The van der Waals surface area contributed by atoms with Crippen LogP contribution >= 0.6 is 0 Å². The summed E-state index contributed by atoms with van der Waals surface area (Å²) in [6, 6.07) is 6.49. The van der Waals surface area contributed by atoms with Gasteiger partial charge in [-0.2, -0.15) is 13.2 Å². The second-order valence-electron chi connectivity index (χ2n) is 7.81. The quantitative estimate of drug-likeness (QED) is 0.456. The maximum Gasteiger partial charge on any atom is 0.401 e. The second-order valence-corrected chi connectivity index (χ2v) is 7.81. The number of halogens is 4. The Morgan fingerprint density at radius 1 is 1.00 bits per heavy atom. The van der Waals surface area contributed by atoms with Gasteiger partial charge < -0.3 is 15.5 Å². The lowest BCUT2D eigenvalue weighted by atomic mass is 9.93. The fraction of sp³-hybridized carbons (Fsp3) is 0.650. The fourth-order valence-electron chi connectivity index (χ4n) is 3.99. The standard InChI is InChI=1S/C20H29F4N5/c21-17-1-3-18(4-2-17)28-11-13-29(14-12-28)19(25)26-8-5-16-6-9-27(10-7-16)15-20(22,23)24/h1-4,16H,5-15H2,(H2,25,26). The lowest BCUT2D eigenvalue weighted by Crippen LogP contribution is -2.51. The molecule has 162 valence electrons. The van der Waals surface area contributed by atoms with Gasteiger partial charge in [-0.25, -0.2) is 4.39 Å². The Morgan fingerprint density at radius 2 is 1.62 bits per heavy atom. The molecule has 29 heavy (non-hydrogen) atoms. The summed E-state index contributed by atoms with van der Waals surface area (Å²) in [5.41, 5.74) is 7.13. The minimum absolute atomic E-state index is 0.241. The molecule has 2 N–H and O–H groups in total. The van der Waals surface area contributed by atoms with E-state index in [-0.39, 0.29) is 5.82 Å². The van der Waals surface area contributed by atoms with Gasteiger partial charge in [-0.05, 0) is 62.5 Å². The normalized spacial score (nSPS) is 20.3. The van der Waals surface area contributed by atoms with Crippen LogP contribution in [0.5, 0.6) is 0 Å². The molecule has 0 atom stereocenters. The predicted octanol–water partition coefficient (Wildman–Crippen LogP) is 2.93. The van der Waals surface area contributed by atoms with Crippen LogP contribution in [-0.4, -0.2) is 74.3 Å². The van der Waals surface area contributed by atoms with Crippen molar-refractivity contribution in [3.05, 3.63) is 30.1 Å². The molecule has 0 spiro atoms. The molecule has 3 rings (SSSR count). The first-order chi connectivity index (χ1) is 13.8. The number of nitrogens with zero attached hydrogens (tertiary/aromatic N) is 4. The van der Waals surface area contributed by atoms with E-state index in [1.54, 1.807) is 12.1 Å². The van der Waals surface area contributed by atoms with Gasteiger partial charge in [-0.15, -0.1) is 0 Å². The summed E-state index contributed by atoms with van der Waals surface area (Å²) >= 11 is 0. The van der Waals surface area contributed by atoms with Crippen molar-refractivity contribution in [3.63, 3.8) is 0 Å². The van der Waals surface area contributed by atoms with Gasteiger partial charge >= 0.3 is 6.18 Å². The summed E-state index contributed by atoms with van der Waals surface area (Å²) in [7, 11) is 0. The van der Waals surface area contributed by atoms with E-state index in [9.17, 15) is 17.6 Å². The maximum atomic E-state index is 13.1. The molecule has 0 unspecified atom stereocenters. The maximum absolute atomic E-state index is 13.1. The highest BCUT2D eigenvalue weighted by Crippen LogP contribution is 2.24. The molecule has 2 fully saturated rings. The van der Waals surface area contributed by atoms with Gasteiger partial charge in [-0.1, -0.05) is 0 Å². The van der Waals surface area contributed by atoms with Crippen molar-refractivity contribution in [2.45, 2.75) is 25.4 Å². The van der Waals surface area contributed by atoms with Crippen LogP contribution in [0.2, 0.25) is 0 Å². The van der Waals surface area contributed by atoms with Gasteiger partial charge in [0.1, 0.15) is 5.82 Å². The van der Waals surface area contributed by atoms with Gasteiger partial charge in [0.15, 0.2) is 5.96 Å². The zero-order chi connectivity index (χ0) is 20.9. The van der Waals surface area contributed by atoms with Crippen LogP contribution < -0.4 is 10.6 Å². The minimum atomic E-state index is -4.12. The average molecular weight is 415 g/mol. The minimum Gasteiger partial charge on any atom is -0.370 e. The monoisotopic (exact) mass is 415 g/mol. The van der Waals surface area contributed by atoms with Gasteiger partial charge in [0.2, 0.25) is 0 Å². The molecule has 2 heterocycles. The largest absolute Gasteiger partial charge is 0.401 e. The van der Waals surface area contributed by atoms with Crippen molar-refractivity contribution < 1.29 is 17.6 Å². The molecule has 0 aromatic heterocycles. The van der Waals surface area contributed by atoms with Crippen LogP contribution in [0.15, 0.2) is 29.3 Å². The molecule has 0 saturated carbocycles. The first-order valence-corrected chi connectivity index (χ1v) is 10.1. The highest BCUT2D eigenvalue weighted by atomic mass is 19.4. The van der Waals surface area contributed by atoms with E-state index in [1.165, 1.54) is 17.0 Å². The molecular formula is C20H29F4N5. The lowest BCUT2D eigenvalue weighted by Gasteiger charge is -2.36. The van der Waals surface area contributed by atoms with Gasteiger partial charge in [0.05, 0.1) is 6.54 Å². The molecule has 2 aliphatic heterocycles. The van der Waals surface area contributed by atoms with Crippen LogP contribution in [0.25, 0.3) is 0 Å². The van der Waals surface area contributed by atoms with E-state index in [2.05, 4.69) is 9.89 Å². The molecule has 0 aliphatic carbocycles. The Balaban J connectivity index is 1.36. The third-order valence-corrected chi connectivity index (χ3v) is 5.72. The van der Waals surface area contributed by atoms with Crippen molar-refractivity contribution >= 4 is 11.6 Å². The van der Waals surface area contributed by atoms with Crippen LogP contribution in [-0.2, 0) is 0 Å². The van der Waals surface area contributed by atoms with E-state index in [0.29, 0.717) is 31.5 Å². The molecule has 0 radical (unpaired) electrons.